The zero-order valence-electron chi connectivity index (χ0n) is 9.47. The molecule has 0 aromatic heterocycles. The molecule has 88 valence electrons. The Morgan fingerprint density at radius 3 is 2.82 bits per heavy atom. The summed E-state index contributed by atoms with van der Waals surface area (Å²) in [6.07, 6.45) is 2.93. The topological polar surface area (TPSA) is 64.3 Å². The zero-order valence-corrected chi connectivity index (χ0v) is 9.47. The van der Waals surface area contributed by atoms with E-state index in [4.69, 9.17) is 10.4 Å². The van der Waals surface area contributed by atoms with E-state index in [0.29, 0.717) is 23.7 Å². The van der Waals surface area contributed by atoms with Gasteiger partial charge in [0.1, 0.15) is 12.4 Å². The van der Waals surface area contributed by atoms with Crippen molar-refractivity contribution in [3.63, 3.8) is 0 Å². The lowest BCUT2D eigenvalue weighted by molar-refractivity contribution is 0.112. The molecule has 0 bridgehead atoms. The van der Waals surface area contributed by atoms with E-state index >= 15 is 0 Å². The van der Waals surface area contributed by atoms with Crippen LogP contribution >= 0.6 is 0 Å². The fourth-order valence-electron chi connectivity index (χ4n) is 1.96. The van der Waals surface area contributed by atoms with Gasteiger partial charge in [-0.2, -0.15) is 5.26 Å². The number of carbonyl (C=O) groups excluding carboxylic acids is 1. The van der Waals surface area contributed by atoms with Crippen molar-refractivity contribution < 1.29 is 9.90 Å². The van der Waals surface area contributed by atoms with Crippen LogP contribution in [0.4, 0.5) is 5.69 Å². The molecule has 0 heterocycles. The van der Waals surface area contributed by atoms with E-state index in [-0.39, 0.29) is 6.61 Å². The number of nitriles is 1. The summed E-state index contributed by atoms with van der Waals surface area (Å²) in [6.45, 7) is 0.594. The molecule has 1 aliphatic carbocycles. The summed E-state index contributed by atoms with van der Waals surface area (Å²) >= 11 is 0. The Labute approximate surface area is 100 Å². The summed E-state index contributed by atoms with van der Waals surface area (Å²) in [6, 6.07) is 7.62. The van der Waals surface area contributed by atoms with Crippen molar-refractivity contribution >= 4 is 12.0 Å². The Kier molecular flexibility index (Phi) is 3.40. The Bertz CT molecular complexity index is 461. The average molecular weight is 230 g/mol. The molecule has 0 radical (unpaired) electrons. The molecular formula is C13H14N2O2. The van der Waals surface area contributed by atoms with Crippen molar-refractivity contribution in [3.05, 3.63) is 29.3 Å². The molecule has 4 heteroatoms. The van der Waals surface area contributed by atoms with Crippen LogP contribution in [0, 0.1) is 11.3 Å². The molecule has 1 aromatic carbocycles. The minimum Gasteiger partial charge on any atom is -0.395 e. The monoisotopic (exact) mass is 230 g/mol. The Morgan fingerprint density at radius 1 is 1.53 bits per heavy atom. The van der Waals surface area contributed by atoms with Crippen LogP contribution in [0.1, 0.15) is 28.8 Å². The number of hydrogen-bond donors (Lipinski definition) is 1. The number of nitrogens with zero attached hydrogens (tertiary/aromatic N) is 2. The first kappa shape index (κ1) is 11.6. The molecule has 1 aromatic rings. The van der Waals surface area contributed by atoms with Gasteiger partial charge in [0.05, 0.1) is 17.9 Å². The van der Waals surface area contributed by atoms with E-state index in [1.165, 1.54) is 0 Å². The maximum atomic E-state index is 10.7. The number of aldehydes is 1. The van der Waals surface area contributed by atoms with Gasteiger partial charge in [-0.1, -0.05) is 0 Å². The second-order valence-corrected chi connectivity index (χ2v) is 4.15. The van der Waals surface area contributed by atoms with Crippen molar-refractivity contribution in [2.75, 3.05) is 18.1 Å². The second-order valence-electron chi connectivity index (χ2n) is 4.15. The lowest BCUT2D eigenvalue weighted by atomic mass is 10.1. The Morgan fingerprint density at radius 2 is 2.29 bits per heavy atom. The van der Waals surface area contributed by atoms with Gasteiger partial charge in [0.25, 0.3) is 0 Å². The van der Waals surface area contributed by atoms with E-state index < -0.39 is 0 Å². The van der Waals surface area contributed by atoms with Crippen LogP contribution in [-0.4, -0.2) is 30.6 Å². The molecule has 1 fully saturated rings. The lowest BCUT2D eigenvalue weighted by Crippen LogP contribution is -2.29. The van der Waals surface area contributed by atoms with Gasteiger partial charge in [-0.15, -0.1) is 0 Å². The zero-order chi connectivity index (χ0) is 12.3. The summed E-state index contributed by atoms with van der Waals surface area (Å²) in [7, 11) is 0. The van der Waals surface area contributed by atoms with Crippen molar-refractivity contribution in [2.45, 2.75) is 18.9 Å². The number of hydrogen-bond acceptors (Lipinski definition) is 4. The Hall–Kier alpha value is -1.86. The molecule has 0 atom stereocenters. The molecular weight excluding hydrogens is 216 g/mol. The quantitative estimate of drug-likeness (QED) is 0.775. The molecule has 17 heavy (non-hydrogen) atoms. The first-order valence-corrected chi connectivity index (χ1v) is 5.67. The maximum Gasteiger partial charge on any atom is 0.150 e. The molecule has 2 rings (SSSR count). The number of benzene rings is 1. The van der Waals surface area contributed by atoms with E-state index in [2.05, 4.69) is 6.07 Å². The highest BCUT2D eigenvalue weighted by atomic mass is 16.3. The third-order valence-corrected chi connectivity index (χ3v) is 2.92. The van der Waals surface area contributed by atoms with Crippen LogP contribution in [0.25, 0.3) is 0 Å². The Balaban J connectivity index is 2.35. The third kappa shape index (κ3) is 2.45. The molecule has 1 aliphatic rings. The summed E-state index contributed by atoms with van der Waals surface area (Å²) < 4.78 is 0. The SMILES string of the molecule is N#Cc1cc(C=O)ccc1N(CCO)C1CC1. The highest BCUT2D eigenvalue weighted by molar-refractivity contribution is 5.78. The first-order chi connectivity index (χ1) is 8.30. The van der Waals surface area contributed by atoms with Crippen LogP contribution in [-0.2, 0) is 0 Å². The molecule has 1 saturated carbocycles. The summed E-state index contributed by atoms with van der Waals surface area (Å²) in [4.78, 5) is 12.7. The second kappa shape index (κ2) is 4.98. The average Bonchev–Trinajstić information content (AvgIpc) is 3.19. The number of carbonyl (C=O) groups is 1. The fraction of sp³-hybridized carbons (Fsp3) is 0.385. The minimum atomic E-state index is 0.0663. The van der Waals surface area contributed by atoms with E-state index in [1.54, 1.807) is 18.2 Å². The van der Waals surface area contributed by atoms with Gasteiger partial charge in [0.15, 0.2) is 0 Å². The highest BCUT2D eigenvalue weighted by Gasteiger charge is 2.30. The number of anilines is 1. The van der Waals surface area contributed by atoms with Gasteiger partial charge in [-0.05, 0) is 31.0 Å². The van der Waals surface area contributed by atoms with Crippen molar-refractivity contribution in [2.24, 2.45) is 0 Å². The minimum absolute atomic E-state index is 0.0663. The molecule has 0 spiro atoms. The predicted molar refractivity (Wildman–Crippen MR) is 64.0 cm³/mol. The van der Waals surface area contributed by atoms with Gasteiger partial charge in [-0.25, -0.2) is 0 Å². The summed E-state index contributed by atoms with van der Waals surface area (Å²) in [5.74, 6) is 0. The fourth-order valence-corrected chi connectivity index (χ4v) is 1.96. The van der Waals surface area contributed by atoms with Gasteiger partial charge in [-0.3, -0.25) is 4.79 Å². The summed E-state index contributed by atoms with van der Waals surface area (Å²) in [5, 5.41) is 18.2. The number of aliphatic hydroxyl groups is 1. The van der Waals surface area contributed by atoms with Crippen LogP contribution in [0.15, 0.2) is 18.2 Å². The third-order valence-electron chi connectivity index (χ3n) is 2.92. The van der Waals surface area contributed by atoms with E-state index in [0.717, 1.165) is 24.8 Å². The largest absolute Gasteiger partial charge is 0.395 e. The van der Waals surface area contributed by atoms with Crippen LogP contribution in [0.2, 0.25) is 0 Å². The normalized spacial score (nSPS) is 14.1. The molecule has 0 unspecified atom stereocenters. The molecule has 0 aliphatic heterocycles. The van der Waals surface area contributed by atoms with Crippen molar-refractivity contribution in [1.82, 2.24) is 0 Å². The lowest BCUT2D eigenvalue weighted by Gasteiger charge is -2.24. The van der Waals surface area contributed by atoms with Gasteiger partial charge in [0, 0.05) is 18.2 Å². The van der Waals surface area contributed by atoms with Crippen molar-refractivity contribution in [3.8, 4) is 6.07 Å². The van der Waals surface area contributed by atoms with Gasteiger partial charge < -0.3 is 10.0 Å². The smallest absolute Gasteiger partial charge is 0.150 e. The maximum absolute atomic E-state index is 10.7. The van der Waals surface area contributed by atoms with Crippen molar-refractivity contribution in [1.29, 1.82) is 5.26 Å². The molecule has 0 saturated heterocycles. The van der Waals surface area contributed by atoms with Crippen LogP contribution in [0.3, 0.4) is 0 Å². The first-order valence-electron chi connectivity index (χ1n) is 5.67. The summed E-state index contributed by atoms with van der Waals surface area (Å²) in [5.41, 5.74) is 1.81. The van der Waals surface area contributed by atoms with E-state index in [1.807, 2.05) is 4.90 Å². The van der Waals surface area contributed by atoms with Gasteiger partial charge in [0.2, 0.25) is 0 Å². The van der Waals surface area contributed by atoms with Gasteiger partial charge >= 0.3 is 0 Å². The number of rotatable bonds is 5. The van der Waals surface area contributed by atoms with Crippen LogP contribution < -0.4 is 4.90 Å². The van der Waals surface area contributed by atoms with Crippen LogP contribution in [0.5, 0.6) is 0 Å². The molecule has 0 amide bonds. The standard InChI is InChI=1S/C13H14N2O2/c14-8-11-7-10(9-17)1-4-13(11)15(5-6-16)12-2-3-12/h1,4,7,9,12,16H,2-3,5-6H2. The highest BCUT2D eigenvalue weighted by Crippen LogP contribution is 2.33. The van der Waals surface area contributed by atoms with E-state index in [9.17, 15) is 4.79 Å². The molecule has 1 N–H and O–H groups in total. The predicted octanol–water partition coefficient (Wildman–Crippen LogP) is 1.33. The number of aliphatic hydroxyl groups excluding tert-OH is 1. The molecule has 4 nitrogen and oxygen atoms in total.